The lowest BCUT2D eigenvalue weighted by molar-refractivity contribution is -0.916. The van der Waals surface area contributed by atoms with Gasteiger partial charge in [0.05, 0.1) is 18.2 Å². The minimum atomic E-state index is -3.63. The molecule has 2 amide bonds. The van der Waals surface area contributed by atoms with Gasteiger partial charge in [0.1, 0.15) is 6.04 Å². The van der Waals surface area contributed by atoms with Gasteiger partial charge in [-0.15, -0.1) is 0 Å². The maximum atomic E-state index is 14.6. The molecule has 0 radical (unpaired) electrons. The highest BCUT2D eigenvalue weighted by atomic mass is 35.5. The second kappa shape index (κ2) is 14.2. The third kappa shape index (κ3) is 7.56. The number of hydrogen-bond donors (Lipinski definition) is 3. The summed E-state index contributed by atoms with van der Waals surface area (Å²) in [6.07, 6.45) is 3.64. The predicted octanol–water partition coefficient (Wildman–Crippen LogP) is 4.60. The molecule has 1 unspecified atom stereocenters. The van der Waals surface area contributed by atoms with E-state index in [4.69, 9.17) is 27.9 Å². The van der Waals surface area contributed by atoms with Crippen molar-refractivity contribution in [3.63, 3.8) is 0 Å². The number of benzene rings is 2. The van der Waals surface area contributed by atoms with Gasteiger partial charge in [-0.25, -0.2) is 13.1 Å². The van der Waals surface area contributed by atoms with Crippen molar-refractivity contribution in [2.75, 3.05) is 6.26 Å². The molecule has 0 bridgehead atoms. The first-order valence-corrected chi connectivity index (χ1v) is 17.9. The van der Waals surface area contributed by atoms with E-state index in [1.165, 1.54) is 6.92 Å². The summed E-state index contributed by atoms with van der Waals surface area (Å²) in [5.74, 6) is -2.28. The molecule has 1 aliphatic carbocycles. The predicted molar refractivity (Wildman–Crippen MR) is 174 cm³/mol. The fourth-order valence-corrected chi connectivity index (χ4v) is 8.03. The van der Waals surface area contributed by atoms with Gasteiger partial charge in [-0.3, -0.25) is 19.6 Å². The van der Waals surface area contributed by atoms with Gasteiger partial charge in [-0.05, 0) is 55.2 Å². The van der Waals surface area contributed by atoms with Gasteiger partial charge in [0.15, 0.2) is 6.61 Å². The average molecular weight is 705 g/mol. The first-order valence-electron chi connectivity index (χ1n) is 15.3. The summed E-state index contributed by atoms with van der Waals surface area (Å²) >= 11 is 13.1. The van der Waals surface area contributed by atoms with Crippen LogP contribution < -0.4 is 14.8 Å². The Morgan fingerprint density at radius 2 is 1.79 bits per heavy atom. The number of nitrogens with zero attached hydrogens (tertiary/aromatic N) is 2. The van der Waals surface area contributed by atoms with Gasteiger partial charge in [0.2, 0.25) is 15.9 Å². The van der Waals surface area contributed by atoms with Crippen molar-refractivity contribution in [1.29, 1.82) is 0 Å². The SMILES string of the molecule is CC(=O)OCc1cccc(C(C)NC(=O)[C@@H]2c3ccccc3C(=O)N([C@H]3CCCC[C@@H]3NS(C)(=O)=O)[C@H]2c2ccc(Cl)cc2Cl)[n+]1O. The van der Waals surface area contributed by atoms with E-state index in [1.807, 2.05) is 0 Å². The molecule has 3 aromatic rings. The number of nitrogens with one attached hydrogen (secondary N) is 2. The number of aromatic nitrogens is 1. The lowest BCUT2D eigenvalue weighted by Gasteiger charge is -2.49. The van der Waals surface area contributed by atoms with Crippen LogP contribution in [0.25, 0.3) is 0 Å². The number of halogens is 2. The normalized spacial score (nSPS) is 21.9. The van der Waals surface area contributed by atoms with Crippen molar-refractivity contribution in [2.45, 2.75) is 76.2 Å². The molecule has 0 saturated heterocycles. The monoisotopic (exact) mass is 703 g/mol. The van der Waals surface area contributed by atoms with E-state index in [9.17, 15) is 28.0 Å². The summed E-state index contributed by atoms with van der Waals surface area (Å²) in [5, 5.41) is 14.6. The van der Waals surface area contributed by atoms with Crippen molar-refractivity contribution >= 4 is 51.0 Å². The number of esters is 1. The van der Waals surface area contributed by atoms with Gasteiger partial charge in [0, 0.05) is 51.5 Å². The molecular weight excluding hydrogens is 667 g/mol. The van der Waals surface area contributed by atoms with Gasteiger partial charge >= 0.3 is 5.97 Å². The zero-order valence-corrected chi connectivity index (χ0v) is 28.5. The van der Waals surface area contributed by atoms with Gasteiger partial charge in [-0.2, -0.15) is 0 Å². The second-order valence-corrected chi connectivity index (χ2v) is 14.6. The molecule has 47 heavy (non-hydrogen) atoms. The molecule has 2 aliphatic rings. The van der Waals surface area contributed by atoms with E-state index in [1.54, 1.807) is 72.5 Å². The molecular formula is C33H37Cl2N4O7S+. The molecule has 250 valence electrons. The number of hydrogen-bond acceptors (Lipinski definition) is 7. The fourth-order valence-electron chi connectivity index (χ4n) is 6.68. The molecule has 1 aliphatic heterocycles. The molecule has 5 rings (SSSR count). The highest BCUT2D eigenvalue weighted by Crippen LogP contribution is 2.48. The van der Waals surface area contributed by atoms with Gasteiger partial charge in [0.25, 0.3) is 17.3 Å². The van der Waals surface area contributed by atoms with E-state index in [2.05, 4.69) is 10.0 Å². The molecule has 1 fully saturated rings. The van der Waals surface area contributed by atoms with E-state index in [0.29, 0.717) is 45.9 Å². The first-order chi connectivity index (χ1) is 22.3. The van der Waals surface area contributed by atoms with Crippen LogP contribution in [0.5, 0.6) is 0 Å². The summed E-state index contributed by atoms with van der Waals surface area (Å²) in [6.45, 7) is 2.79. The third-order valence-electron chi connectivity index (χ3n) is 8.69. The molecule has 1 aromatic heterocycles. The Kier molecular flexibility index (Phi) is 10.4. The van der Waals surface area contributed by atoms with Crippen LogP contribution in [-0.4, -0.2) is 54.6 Å². The smallest absolute Gasteiger partial charge is 0.303 e. The quantitative estimate of drug-likeness (QED) is 0.168. The Morgan fingerprint density at radius 3 is 2.49 bits per heavy atom. The van der Waals surface area contributed by atoms with Crippen LogP contribution in [0.3, 0.4) is 0 Å². The molecule has 2 aromatic carbocycles. The molecule has 1 saturated carbocycles. The van der Waals surface area contributed by atoms with Crippen LogP contribution >= 0.6 is 23.2 Å². The zero-order chi connectivity index (χ0) is 34.0. The Bertz CT molecular complexity index is 1810. The molecule has 11 nitrogen and oxygen atoms in total. The summed E-state index contributed by atoms with van der Waals surface area (Å²) in [4.78, 5) is 42.0. The van der Waals surface area contributed by atoms with Crippen molar-refractivity contribution in [3.8, 4) is 0 Å². The van der Waals surface area contributed by atoms with Crippen molar-refractivity contribution in [1.82, 2.24) is 14.9 Å². The Hall–Kier alpha value is -3.71. The van der Waals surface area contributed by atoms with Crippen LogP contribution in [0.2, 0.25) is 10.0 Å². The molecule has 2 heterocycles. The zero-order valence-electron chi connectivity index (χ0n) is 26.2. The summed E-state index contributed by atoms with van der Waals surface area (Å²) in [7, 11) is -3.63. The minimum Gasteiger partial charge on any atom is -0.454 e. The average Bonchev–Trinajstić information content (AvgIpc) is 3.00. The number of pyridine rings is 1. The van der Waals surface area contributed by atoms with Crippen LogP contribution in [0.1, 0.15) is 90.4 Å². The Balaban J connectivity index is 1.62. The van der Waals surface area contributed by atoms with Crippen molar-refractivity contribution in [3.05, 3.63) is 98.8 Å². The molecule has 3 N–H and O–H groups in total. The van der Waals surface area contributed by atoms with E-state index in [-0.39, 0.29) is 17.5 Å². The molecule has 14 heteroatoms. The van der Waals surface area contributed by atoms with Crippen LogP contribution in [-0.2, 0) is 31.0 Å². The number of rotatable bonds is 9. The van der Waals surface area contributed by atoms with Crippen LogP contribution in [0.15, 0.2) is 60.7 Å². The molecule has 0 spiro atoms. The van der Waals surface area contributed by atoms with Gasteiger partial charge in [-0.1, -0.05) is 60.3 Å². The maximum Gasteiger partial charge on any atom is 0.303 e. The minimum absolute atomic E-state index is 0.172. The second-order valence-electron chi connectivity index (χ2n) is 12.0. The number of amides is 2. The summed E-state index contributed by atoms with van der Waals surface area (Å²) in [6, 6.07) is 13.8. The topological polar surface area (TPSA) is 146 Å². The highest BCUT2D eigenvalue weighted by Gasteiger charge is 2.49. The lowest BCUT2D eigenvalue weighted by atomic mass is 9.76. The summed E-state index contributed by atoms with van der Waals surface area (Å²) < 4.78 is 33.5. The number of carbonyl (C=O) groups is 3. The standard InChI is InChI=1S/C33H36Cl2N4O7S/c1-19(28-14-8-9-22(39(28)43)18-46-20(2)40)36-32(41)30-23-10-4-5-11-24(23)33(42)38(31(30)25-16-15-21(34)17-26(25)35)29-13-7-6-12-27(29)37-47(3,44)45/h4-5,8-11,14-17,19,27,29-31,37H,6-7,12-13,18H2,1-3H3,(H-,36,41,43)/p+1/t19?,27-,29-,30+,31-/m0/s1. The highest BCUT2D eigenvalue weighted by molar-refractivity contribution is 7.88. The van der Waals surface area contributed by atoms with E-state index in [0.717, 1.165) is 23.8 Å². The molecule has 5 atom stereocenters. The van der Waals surface area contributed by atoms with Crippen molar-refractivity contribution < 1.29 is 37.5 Å². The Labute approximate surface area is 283 Å². The van der Waals surface area contributed by atoms with Crippen LogP contribution in [0.4, 0.5) is 0 Å². The Morgan fingerprint density at radius 1 is 1.06 bits per heavy atom. The van der Waals surface area contributed by atoms with Crippen molar-refractivity contribution in [2.24, 2.45) is 0 Å². The maximum absolute atomic E-state index is 14.6. The van der Waals surface area contributed by atoms with Crippen LogP contribution in [0, 0.1) is 0 Å². The number of fused-ring (bicyclic) bond motifs is 1. The third-order valence-corrected chi connectivity index (χ3v) is 9.98. The largest absolute Gasteiger partial charge is 0.454 e. The van der Waals surface area contributed by atoms with E-state index >= 15 is 0 Å². The number of ether oxygens (including phenoxy) is 1. The van der Waals surface area contributed by atoms with Gasteiger partial charge < -0.3 is 15.0 Å². The first kappa shape index (κ1) is 34.6. The fraction of sp³-hybridized carbons (Fsp3) is 0.394. The number of sulfonamides is 1. The lowest BCUT2D eigenvalue weighted by Crippen LogP contribution is -2.59. The summed E-state index contributed by atoms with van der Waals surface area (Å²) in [5.41, 5.74) is 1.91. The number of carbonyl (C=O) groups excluding carboxylic acids is 3. The van der Waals surface area contributed by atoms with E-state index < -0.39 is 52.0 Å².